The number of benzene rings is 2. The first-order chi connectivity index (χ1) is 12.1. The van der Waals surface area contributed by atoms with Gasteiger partial charge >= 0.3 is 5.97 Å². The van der Waals surface area contributed by atoms with Crippen molar-refractivity contribution in [3.63, 3.8) is 0 Å². The summed E-state index contributed by atoms with van der Waals surface area (Å²) in [6.07, 6.45) is 0.764. The second kappa shape index (κ2) is 8.34. The number of carbonyl (C=O) groups excluding carboxylic acids is 1. The molecule has 1 amide bonds. The fraction of sp³-hybridized carbons (Fsp3) is 0.300. The predicted molar refractivity (Wildman–Crippen MR) is 103 cm³/mol. The second-order valence-corrected chi connectivity index (χ2v) is 6.41. The number of halogens is 1. The third-order valence-corrected chi connectivity index (χ3v) is 4.93. The third-order valence-electron chi connectivity index (χ3n) is 4.93. The molecule has 1 aliphatic rings. The van der Waals surface area contributed by atoms with E-state index in [-0.39, 0.29) is 18.3 Å². The Hall–Kier alpha value is -2.37. The lowest BCUT2D eigenvalue weighted by molar-refractivity contribution is -0.141. The fourth-order valence-electron chi connectivity index (χ4n) is 3.67. The van der Waals surface area contributed by atoms with Gasteiger partial charge in [0.05, 0.1) is 0 Å². The predicted octanol–water partition coefficient (Wildman–Crippen LogP) is 2.35. The van der Waals surface area contributed by atoms with E-state index in [4.69, 9.17) is 5.11 Å². The van der Waals surface area contributed by atoms with Gasteiger partial charge in [0.15, 0.2) is 0 Å². The van der Waals surface area contributed by atoms with Gasteiger partial charge in [-0.05, 0) is 31.0 Å². The summed E-state index contributed by atoms with van der Waals surface area (Å²) in [5, 5.41) is 15.0. The molecule has 0 saturated carbocycles. The highest BCUT2D eigenvalue weighted by Crippen LogP contribution is 2.42. The molecule has 1 fully saturated rings. The van der Waals surface area contributed by atoms with Crippen molar-refractivity contribution in [3.8, 4) is 0 Å². The van der Waals surface area contributed by atoms with Crippen LogP contribution in [-0.4, -0.2) is 35.6 Å². The molecule has 2 atom stereocenters. The van der Waals surface area contributed by atoms with Crippen molar-refractivity contribution in [1.29, 1.82) is 0 Å². The topological polar surface area (TPSA) is 78.4 Å². The minimum atomic E-state index is -1.05. The molecule has 1 aliphatic heterocycles. The van der Waals surface area contributed by atoms with Crippen LogP contribution < -0.4 is 10.6 Å². The molecular weight excluding hydrogens is 352 g/mol. The smallest absolute Gasteiger partial charge is 0.325 e. The van der Waals surface area contributed by atoms with Gasteiger partial charge in [-0.2, -0.15) is 0 Å². The lowest BCUT2D eigenvalue weighted by Gasteiger charge is -2.36. The molecule has 26 heavy (non-hydrogen) atoms. The number of hydrogen-bond donors (Lipinski definition) is 3. The van der Waals surface area contributed by atoms with Gasteiger partial charge in [-0.15, -0.1) is 12.4 Å². The summed E-state index contributed by atoms with van der Waals surface area (Å²) in [6, 6.07) is 18.4. The number of carboxylic acid groups (broad SMARTS) is 1. The van der Waals surface area contributed by atoms with Crippen LogP contribution in [0.3, 0.4) is 0 Å². The zero-order valence-electron chi connectivity index (χ0n) is 14.5. The minimum Gasteiger partial charge on any atom is -0.480 e. The van der Waals surface area contributed by atoms with Gasteiger partial charge in [-0.3, -0.25) is 9.59 Å². The number of amides is 1. The summed E-state index contributed by atoms with van der Waals surface area (Å²) in [4.78, 5) is 24.0. The maximum absolute atomic E-state index is 12.9. The summed E-state index contributed by atoms with van der Waals surface area (Å²) >= 11 is 0. The highest BCUT2D eigenvalue weighted by Gasteiger charge is 2.49. The van der Waals surface area contributed by atoms with Crippen molar-refractivity contribution < 1.29 is 14.7 Å². The number of carbonyl (C=O) groups is 2. The standard InChI is InChI=1S/C20H22N2O3.ClH/c1-14(19(24)25)22-18(23)17-20(12-13-21-17,15-8-4-2-5-9-15)16-10-6-3-7-11-16;/h2-11,14,17,21H,12-13H2,1H3,(H,22,23)(H,24,25);1H/t14?,17-;/m1./s1. The Morgan fingerprint density at radius 3 is 2.04 bits per heavy atom. The molecule has 0 spiro atoms. The molecule has 5 nitrogen and oxygen atoms in total. The van der Waals surface area contributed by atoms with E-state index >= 15 is 0 Å². The molecule has 2 aromatic carbocycles. The van der Waals surface area contributed by atoms with E-state index in [1.165, 1.54) is 6.92 Å². The molecule has 0 aromatic heterocycles. The average Bonchev–Trinajstić information content (AvgIpc) is 3.09. The Bertz CT molecular complexity index is 713. The first kappa shape index (κ1) is 19.9. The van der Waals surface area contributed by atoms with E-state index in [1.54, 1.807) is 0 Å². The average molecular weight is 375 g/mol. The minimum absolute atomic E-state index is 0. The maximum atomic E-state index is 12.9. The van der Waals surface area contributed by atoms with Crippen LogP contribution in [0.2, 0.25) is 0 Å². The first-order valence-electron chi connectivity index (χ1n) is 8.43. The largest absolute Gasteiger partial charge is 0.480 e. The Kier molecular flexibility index (Phi) is 6.40. The van der Waals surface area contributed by atoms with Crippen molar-refractivity contribution in [3.05, 3.63) is 71.8 Å². The van der Waals surface area contributed by atoms with E-state index < -0.39 is 23.5 Å². The Morgan fingerprint density at radius 1 is 1.08 bits per heavy atom. The van der Waals surface area contributed by atoms with E-state index in [0.717, 1.165) is 17.5 Å². The molecule has 1 saturated heterocycles. The highest BCUT2D eigenvalue weighted by molar-refractivity contribution is 5.89. The summed E-state index contributed by atoms with van der Waals surface area (Å²) < 4.78 is 0. The fourth-order valence-corrected chi connectivity index (χ4v) is 3.67. The number of aliphatic carboxylic acids is 1. The summed E-state index contributed by atoms with van der Waals surface area (Å²) in [7, 11) is 0. The normalized spacial score (nSPS) is 19.2. The molecule has 3 rings (SSSR count). The Morgan fingerprint density at radius 2 is 1.58 bits per heavy atom. The lowest BCUT2D eigenvalue weighted by atomic mass is 9.69. The van der Waals surface area contributed by atoms with Crippen LogP contribution in [0.1, 0.15) is 24.5 Å². The number of rotatable bonds is 5. The molecule has 0 aliphatic carbocycles. The molecule has 3 N–H and O–H groups in total. The molecule has 1 unspecified atom stereocenters. The van der Waals surface area contributed by atoms with Gasteiger partial charge in [0, 0.05) is 5.41 Å². The van der Waals surface area contributed by atoms with Gasteiger partial charge < -0.3 is 15.7 Å². The van der Waals surface area contributed by atoms with Crippen LogP contribution in [0.5, 0.6) is 0 Å². The quantitative estimate of drug-likeness (QED) is 0.750. The van der Waals surface area contributed by atoms with Gasteiger partial charge in [-0.1, -0.05) is 60.7 Å². The first-order valence-corrected chi connectivity index (χ1v) is 8.43. The van der Waals surface area contributed by atoms with E-state index in [2.05, 4.69) is 10.6 Å². The van der Waals surface area contributed by atoms with Gasteiger partial charge in [0.1, 0.15) is 12.1 Å². The Balaban J connectivity index is 0.00000243. The molecule has 0 radical (unpaired) electrons. The maximum Gasteiger partial charge on any atom is 0.325 e. The van der Waals surface area contributed by atoms with Gasteiger partial charge in [0.2, 0.25) is 5.91 Å². The molecule has 2 aromatic rings. The van der Waals surface area contributed by atoms with Gasteiger partial charge in [0.25, 0.3) is 0 Å². The summed E-state index contributed by atoms with van der Waals surface area (Å²) in [5.41, 5.74) is 1.58. The van der Waals surface area contributed by atoms with Crippen molar-refractivity contribution in [1.82, 2.24) is 10.6 Å². The van der Waals surface area contributed by atoms with Crippen LogP contribution in [0, 0.1) is 0 Å². The van der Waals surface area contributed by atoms with Crippen LogP contribution >= 0.6 is 12.4 Å². The van der Waals surface area contributed by atoms with Gasteiger partial charge in [-0.25, -0.2) is 0 Å². The lowest BCUT2D eigenvalue weighted by Crippen LogP contribution is -2.54. The van der Waals surface area contributed by atoms with Crippen LogP contribution in [0.4, 0.5) is 0 Å². The zero-order valence-corrected chi connectivity index (χ0v) is 15.3. The van der Waals surface area contributed by atoms with Crippen LogP contribution in [-0.2, 0) is 15.0 Å². The number of nitrogens with one attached hydrogen (secondary N) is 2. The van der Waals surface area contributed by atoms with E-state index in [0.29, 0.717) is 6.54 Å². The highest BCUT2D eigenvalue weighted by atomic mass is 35.5. The van der Waals surface area contributed by atoms with Crippen molar-refractivity contribution in [2.24, 2.45) is 0 Å². The molecule has 6 heteroatoms. The molecular formula is C20H23ClN2O3. The van der Waals surface area contributed by atoms with Crippen LogP contribution in [0.15, 0.2) is 60.7 Å². The molecule has 138 valence electrons. The second-order valence-electron chi connectivity index (χ2n) is 6.41. The number of hydrogen-bond acceptors (Lipinski definition) is 3. The van der Waals surface area contributed by atoms with E-state index in [9.17, 15) is 9.59 Å². The molecule has 0 bridgehead atoms. The van der Waals surface area contributed by atoms with Crippen LogP contribution in [0.25, 0.3) is 0 Å². The van der Waals surface area contributed by atoms with Crippen molar-refractivity contribution in [2.45, 2.75) is 30.8 Å². The zero-order chi connectivity index (χ0) is 17.9. The molecule has 1 heterocycles. The SMILES string of the molecule is CC(NC(=O)[C@H]1NCCC1(c1ccccc1)c1ccccc1)C(=O)O.Cl. The van der Waals surface area contributed by atoms with Crippen molar-refractivity contribution in [2.75, 3.05) is 6.54 Å². The summed E-state index contributed by atoms with van der Waals surface area (Å²) in [6.45, 7) is 2.16. The number of carboxylic acids is 1. The monoisotopic (exact) mass is 374 g/mol. The van der Waals surface area contributed by atoms with Crippen molar-refractivity contribution >= 4 is 24.3 Å². The summed E-state index contributed by atoms with van der Waals surface area (Å²) in [5.74, 6) is -1.34. The third kappa shape index (κ3) is 3.59. The van der Waals surface area contributed by atoms with E-state index in [1.807, 2.05) is 60.7 Å². The Labute approximate surface area is 159 Å².